The molecule has 1 fully saturated rings. The highest BCUT2D eigenvalue weighted by molar-refractivity contribution is 8.00. The summed E-state index contributed by atoms with van der Waals surface area (Å²) in [7, 11) is 1.63. The fourth-order valence-corrected chi connectivity index (χ4v) is 5.08. The number of hydrogen-bond donors (Lipinski definition) is 1. The lowest BCUT2D eigenvalue weighted by atomic mass is 10.1. The Bertz CT molecular complexity index is 1290. The maximum atomic E-state index is 12.6. The highest BCUT2D eigenvalue weighted by Gasteiger charge is 2.20. The van der Waals surface area contributed by atoms with Gasteiger partial charge in [-0.3, -0.25) is 9.69 Å². The van der Waals surface area contributed by atoms with Crippen molar-refractivity contribution in [3.63, 3.8) is 0 Å². The first-order chi connectivity index (χ1) is 18.2. The van der Waals surface area contributed by atoms with Gasteiger partial charge in [0.1, 0.15) is 5.75 Å². The Morgan fingerprint density at radius 2 is 1.43 bits per heavy atom. The molecule has 1 saturated heterocycles. The molecule has 188 valence electrons. The number of hydrogen-bond acceptors (Lipinski definition) is 6. The van der Waals surface area contributed by atoms with Gasteiger partial charge in [-0.2, -0.15) is 0 Å². The zero-order chi connectivity index (χ0) is 25.5. The van der Waals surface area contributed by atoms with E-state index in [0.29, 0.717) is 6.54 Å². The van der Waals surface area contributed by atoms with E-state index < -0.39 is 0 Å². The molecule has 0 atom stereocenters. The van der Waals surface area contributed by atoms with Crippen LogP contribution in [0.15, 0.2) is 108 Å². The van der Waals surface area contributed by atoms with Crippen LogP contribution in [-0.2, 0) is 0 Å². The zero-order valence-electron chi connectivity index (χ0n) is 21.0. The number of rotatable bonds is 9. The smallest absolute Gasteiger partial charge is 0.176 e. The highest BCUT2D eigenvalue weighted by Crippen LogP contribution is 2.27. The van der Waals surface area contributed by atoms with E-state index in [0.717, 1.165) is 43.2 Å². The Labute approximate surface area is 223 Å². The van der Waals surface area contributed by atoms with E-state index in [9.17, 15) is 4.79 Å². The first-order valence-corrected chi connectivity index (χ1v) is 13.3. The van der Waals surface area contributed by atoms with Crippen molar-refractivity contribution in [2.75, 3.05) is 49.5 Å². The summed E-state index contributed by atoms with van der Waals surface area (Å²) in [6.45, 7) is 4.01. The van der Waals surface area contributed by atoms with Crippen molar-refractivity contribution in [1.82, 2.24) is 4.90 Å². The van der Waals surface area contributed by atoms with E-state index in [1.807, 2.05) is 30.3 Å². The average molecular weight is 510 g/mol. The van der Waals surface area contributed by atoms with E-state index in [-0.39, 0.29) is 5.78 Å². The molecule has 0 unspecified atom stereocenters. The Morgan fingerprint density at radius 3 is 2.08 bits per heavy atom. The van der Waals surface area contributed by atoms with Gasteiger partial charge in [-0.15, -0.1) is 0 Å². The largest absolute Gasteiger partial charge is 0.497 e. The van der Waals surface area contributed by atoms with E-state index >= 15 is 0 Å². The summed E-state index contributed by atoms with van der Waals surface area (Å²) in [5, 5.41) is 0. The zero-order valence-corrected chi connectivity index (χ0v) is 21.8. The van der Waals surface area contributed by atoms with Gasteiger partial charge in [-0.05, 0) is 83.7 Å². The molecule has 1 aliphatic rings. The molecule has 1 aliphatic heterocycles. The molecule has 5 nitrogen and oxygen atoms in total. The number of ether oxygens (including phenoxy) is 1. The number of ketones is 1. The SMILES string of the molecule is COc1ccc(C(=O)CN2CCN(c3ccc(NSc4ccc(-c5ccccc5)cc4)cc3)CC2)cc1. The van der Waals surface area contributed by atoms with Crippen molar-refractivity contribution in [3.05, 3.63) is 109 Å². The third-order valence-electron chi connectivity index (χ3n) is 6.63. The molecular weight excluding hydrogens is 478 g/mol. The van der Waals surface area contributed by atoms with Crippen LogP contribution in [0.2, 0.25) is 0 Å². The lowest BCUT2D eigenvalue weighted by Gasteiger charge is -2.35. The summed E-state index contributed by atoms with van der Waals surface area (Å²) < 4.78 is 8.63. The van der Waals surface area contributed by atoms with Crippen molar-refractivity contribution in [1.29, 1.82) is 0 Å². The minimum absolute atomic E-state index is 0.152. The van der Waals surface area contributed by atoms with Gasteiger partial charge in [-0.1, -0.05) is 42.5 Å². The Kier molecular flexibility index (Phi) is 8.08. The van der Waals surface area contributed by atoms with Crippen LogP contribution in [0.25, 0.3) is 11.1 Å². The third-order valence-corrected chi connectivity index (χ3v) is 7.48. The highest BCUT2D eigenvalue weighted by atomic mass is 32.2. The van der Waals surface area contributed by atoms with Gasteiger partial charge < -0.3 is 14.4 Å². The molecule has 0 spiro atoms. The van der Waals surface area contributed by atoms with E-state index in [1.54, 1.807) is 19.1 Å². The predicted molar refractivity (Wildman–Crippen MR) is 154 cm³/mol. The van der Waals surface area contributed by atoms with Gasteiger partial charge in [0, 0.05) is 48.0 Å². The number of carbonyl (C=O) groups is 1. The molecule has 0 aliphatic carbocycles. The molecule has 37 heavy (non-hydrogen) atoms. The summed E-state index contributed by atoms with van der Waals surface area (Å²) in [6, 6.07) is 35.0. The molecule has 0 amide bonds. The average Bonchev–Trinajstić information content (AvgIpc) is 2.97. The van der Waals surface area contributed by atoms with Gasteiger partial charge in [0.25, 0.3) is 0 Å². The molecule has 1 N–H and O–H groups in total. The van der Waals surface area contributed by atoms with Crippen molar-refractivity contribution in [2.45, 2.75) is 4.90 Å². The van der Waals surface area contributed by atoms with Crippen LogP contribution in [0, 0.1) is 0 Å². The standard InChI is InChI=1S/C31H31N3O2S/c1-36-29-15-7-26(8-16-29)31(35)23-33-19-21-34(22-20-33)28-13-11-27(12-14-28)32-37-30-17-9-25(10-18-30)24-5-3-2-4-6-24/h2-18,32H,19-23H2,1H3. The number of nitrogens with one attached hydrogen (secondary N) is 1. The number of methoxy groups -OCH3 is 1. The molecule has 0 radical (unpaired) electrons. The van der Waals surface area contributed by atoms with Crippen molar-refractivity contribution < 1.29 is 9.53 Å². The molecule has 1 heterocycles. The summed E-state index contributed by atoms with van der Waals surface area (Å²) >= 11 is 1.62. The molecule has 4 aromatic carbocycles. The van der Waals surface area contributed by atoms with Crippen molar-refractivity contribution >= 4 is 29.1 Å². The Hall–Kier alpha value is -3.74. The van der Waals surface area contributed by atoms with Gasteiger partial charge in [0.2, 0.25) is 0 Å². The minimum Gasteiger partial charge on any atom is -0.497 e. The van der Waals surface area contributed by atoms with Gasteiger partial charge >= 0.3 is 0 Å². The maximum Gasteiger partial charge on any atom is 0.176 e. The number of carbonyl (C=O) groups excluding carboxylic acids is 1. The second-order valence-electron chi connectivity index (χ2n) is 9.06. The minimum atomic E-state index is 0.152. The maximum absolute atomic E-state index is 12.6. The van der Waals surface area contributed by atoms with Crippen LogP contribution < -0.4 is 14.4 Å². The monoisotopic (exact) mass is 509 g/mol. The quantitative estimate of drug-likeness (QED) is 0.206. The fraction of sp³-hybridized carbons (Fsp3) is 0.194. The number of piperazine rings is 1. The molecule has 0 bridgehead atoms. The second-order valence-corrected chi connectivity index (χ2v) is 9.94. The summed E-state index contributed by atoms with van der Waals surface area (Å²) in [5.41, 5.74) is 5.47. The van der Waals surface area contributed by atoms with Crippen LogP contribution in [0.5, 0.6) is 5.75 Å². The number of benzene rings is 4. The summed E-state index contributed by atoms with van der Waals surface area (Å²) in [6.07, 6.45) is 0. The van der Waals surface area contributed by atoms with Crippen LogP contribution in [0.3, 0.4) is 0 Å². The van der Waals surface area contributed by atoms with Crippen LogP contribution in [-0.4, -0.2) is 50.5 Å². The fourth-order valence-electron chi connectivity index (χ4n) is 4.44. The number of anilines is 2. The van der Waals surface area contributed by atoms with E-state index in [4.69, 9.17) is 4.74 Å². The normalized spacial score (nSPS) is 13.8. The van der Waals surface area contributed by atoms with Crippen LogP contribution in [0.4, 0.5) is 11.4 Å². The van der Waals surface area contributed by atoms with E-state index in [1.165, 1.54) is 21.7 Å². The lowest BCUT2D eigenvalue weighted by molar-refractivity contribution is 0.0926. The summed E-state index contributed by atoms with van der Waals surface area (Å²) in [4.78, 5) is 18.4. The third kappa shape index (κ3) is 6.53. The first-order valence-electron chi connectivity index (χ1n) is 12.5. The Morgan fingerprint density at radius 1 is 0.784 bits per heavy atom. The molecule has 4 aromatic rings. The lowest BCUT2D eigenvalue weighted by Crippen LogP contribution is -2.48. The van der Waals surface area contributed by atoms with Crippen molar-refractivity contribution in [2.24, 2.45) is 0 Å². The van der Waals surface area contributed by atoms with Gasteiger partial charge in [0.15, 0.2) is 5.78 Å². The second kappa shape index (κ2) is 12.0. The molecule has 6 heteroatoms. The van der Waals surface area contributed by atoms with E-state index in [2.05, 4.69) is 87.3 Å². The molecule has 0 saturated carbocycles. The molecular formula is C31H31N3O2S. The topological polar surface area (TPSA) is 44.8 Å². The van der Waals surface area contributed by atoms with Crippen LogP contribution in [0.1, 0.15) is 10.4 Å². The summed E-state index contributed by atoms with van der Waals surface area (Å²) in [5.74, 6) is 0.918. The van der Waals surface area contributed by atoms with Gasteiger partial charge in [-0.25, -0.2) is 0 Å². The van der Waals surface area contributed by atoms with Crippen LogP contribution >= 0.6 is 11.9 Å². The van der Waals surface area contributed by atoms with Gasteiger partial charge in [0.05, 0.1) is 13.7 Å². The first kappa shape index (κ1) is 24.9. The van der Waals surface area contributed by atoms with Crippen molar-refractivity contribution in [3.8, 4) is 16.9 Å². The molecule has 5 rings (SSSR count). The number of Topliss-reactive ketones (excluding diaryl/α,β-unsaturated/α-hetero) is 1. The molecule has 0 aromatic heterocycles. The Balaban J connectivity index is 1.08. The predicted octanol–water partition coefficient (Wildman–Crippen LogP) is 6.49. The number of nitrogens with zero attached hydrogens (tertiary/aromatic N) is 2.